The topological polar surface area (TPSA) is 24.5 Å². The Morgan fingerprint density at radius 1 is 1.19 bits per heavy atom. The minimum Gasteiger partial charge on any atom is -0.494 e. The van der Waals surface area contributed by atoms with E-state index in [9.17, 15) is 0 Å². The molecule has 1 atom stereocenters. The lowest BCUT2D eigenvalue weighted by Gasteiger charge is -2.36. The van der Waals surface area contributed by atoms with Crippen LogP contribution in [0.2, 0.25) is 0 Å². The maximum Gasteiger partial charge on any atom is 0.124 e. The minimum atomic E-state index is 0.336. The number of likely N-dealkylation sites (tertiary alicyclic amines) is 1. The van der Waals surface area contributed by atoms with Crippen LogP contribution in [0.25, 0.3) is 0 Å². The summed E-state index contributed by atoms with van der Waals surface area (Å²) in [7, 11) is 0. The lowest BCUT2D eigenvalue weighted by atomic mass is 10.0. The molecule has 1 aromatic carbocycles. The lowest BCUT2D eigenvalue weighted by molar-refractivity contribution is 0.157. The van der Waals surface area contributed by atoms with Crippen LogP contribution in [0, 0.1) is 0 Å². The van der Waals surface area contributed by atoms with Gasteiger partial charge in [0, 0.05) is 23.7 Å². The number of nitrogens with one attached hydrogen (secondary N) is 1. The van der Waals surface area contributed by atoms with Gasteiger partial charge in [0.15, 0.2) is 0 Å². The lowest BCUT2D eigenvalue weighted by Crippen LogP contribution is -2.45. The zero-order valence-corrected chi connectivity index (χ0v) is 13.9. The van der Waals surface area contributed by atoms with E-state index in [1.165, 1.54) is 31.5 Å². The van der Waals surface area contributed by atoms with E-state index in [0.29, 0.717) is 18.1 Å². The van der Waals surface area contributed by atoms with Crippen molar-refractivity contribution in [2.75, 3.05) is 19.7 Å². The van der Waals surface area contributed by atoms with Crippen LogP contribution in [-0.4, -0.2) is 36.7 Å². The number of nitrogens with zero attached hydrogens (tertiary/aromatic N) is 1. The maximum absolute atomic E-state index is 5.75. The largest absolute Gasteiger partial charge is 0.494 e. The van der Waals surface area contributed by atoms with Crippen LogP contribution in [0.5, 0.6) is 5.75 Å². The fourth-order valence-electron chi connectivity index (χ4n) is 3.15. The Morgan fingerprint density at radius 2 is 1.86 bits per heavy atom. The maximum atomic E-state index is 5.75. The number of benzene rings is 1. The van der Waals surface area contributed by atoms with Crippen LogP contribution >= 0.6 is 0 Å². The van der Waals surface area contributed by atoms with Crippen molar-refractivity contribution in [2.24, 2.45) is 0 Å². The summed E-state index contributed by atoms with van der Waals surface area (Å²) in [6, 6.07) is 10.00. The molecule has 0 bridgehead atoms. The first-order valence-electron chi connectivity index (χ1n) is 8.33. The van der Waals surface area contributed by atoms with Gasteiger partial charge in [-0.05, 0) is 59.7 Å². The van der Waals surface area contributed by atoms with E-state index in [1.807, 2.05) is 13.0 Å². The van der Waals surface area contributed by atoms with Gasteiger partial charge in [-0.25, -0.2) is 0 Å². The van der Waals surface area contributed by atoms with E-state index in [4.69, 9.17) is 4.74 Å². The second-order valence-corrected chi connectivity index (χ2v) is 6.26. The van der Waals surface area contributed by atoms with E-state index < -0.39 is 0 Å². The molecule has 0 aromatic heterocycles. The second kappa shape index (κ2) is 7.81. The van der Waals surface area contributed by atoms with Gasteiger partial charge in [-0.3, -0.25) is 0 Å². The van der Waals surface area contributed by atoms with Crippen LogP contribution in [-0.2, 0) is 0 Å². The molecule has 0 spiro atoms. The van der Waals surface area contributed by atoms with Crippen LogP contribution < -0.4 is 10.1 Å². The minimum absolute atomic E-state index is 0.336. The molecule has 1 fully saturated rings. The standard InChI is InChI=1S/C18H30N2O/c1-5-21-18-9-7-6-8-17(18)15(4)19-16-10-12-20(13-11-16)14(2)3/h6-9,14-16,19H,5,10-13H2,1-4H3. The monoisotopic (exact) mass is 290 g/mol. The Balaban J connectivity index is 1.92. The zero-order chi connectivity index (χ0) is 15.2. The third-order valence-electron chi connectivity index (χ3n) is 4.43. The third-order valence-corrected chi connectivity index (χ3v) is 4.43. The fourth-order valence-corrected chi connectivity index (χ4v) is 3.15. The van der Waals surface area contributed by atoms with Crippen LogP contribution in [0.15, 0.2) is 24.3 Å². The van der Waals surface area contributed by atoms with Gasteiger partial charge in [0.1, 0.15) is 5.75 Å². The summed E-state index contributed by atoms with van der Waals surface area (Å²) >= 11 is 0. The highest BCUT2D eigenvalue weighted by Gasteiger charge is 2.22. The van der Waals surface area contributed by atoms with Gasteiger partial charge in [-0.15, -0.1) is 0 Å². The Bertz CT molecular complexity index is 425. The summed E-state index contributed by atoms with van der Waals surface area (Å²) < 4.78 is 5.75. The van der Waals surface area contributed by atoms with Crippen LogP contribution in [0.1, 0.15) is 52.1 Å². The van der Waals surface area contributed by atoms with Crippen molar-refractivity contribution in [1.82, 2.24) is 10.2 Å². The quantitative estimate of drug-likeness (QED) is 0.866. The van der Waals surface area contributed by atoms with Crippen LogP contribution in [0.3, 0.4) is 0 Å². The van der Waals surface area contributed by atoms with Crippen molar-refractivity contribution in [3.8, 4) is 5.75 Å². The summed E-state index contributed by atoms with van der Waals surface area (Å²) in [5.41, 5.74) is 1.27. The summed E-state index contributed by atoms with van der Waals surface area (Å²) in [5, 5.41) is 3.79. The molecule has 3 nitrogen and oxygen atoms in total. The molecule has 0 saturated carbocycles. The average molecular weight is 290 g/mol. The Morgan fingerprint density at radius 3 is 2.48 bits per heavy atom. The molecule has 1 aliphatic heterocycles. The molecular formula is C18H30N2O. The number of hydrogen-bond acceptors (Lipinski definition) is 3. The number of para-hydroxylation sites is 1. The van der Waals surface area contributed by atoms with Gasteiger partial charge in [-0.1, -0.05) is 18.2 Å². The predicted octanol–water partition coefficient (Wildman–Crippen LogP) is 3.61. The normalized spacial score (nSPS) is 18.9. The second-order valence-electron chi connectivity index (χ2n) is 6.26. The SMILES string of the molecule is CCOc1ccccc1C(C)NC1CCN(C(C)C)CC1. The zero-order valence-electron chi connectivity index (χ0n) is 13.9. The highest BCUT2D eigenvalue weighted by molar-refractivity contribution is 5.35. The van der Waals surface area contributed by atoms with E-state index in [1.54, 1.807) is 0 Å². The first-order valence-corrected chi connectivity index (χ1v) is 8.33. The summed E-state index contributed by atoms with van der Waals surface area (Å²) in [6.07, 6.45) is 2.47. The van der Waals surface area contributed by atoms with Crippen LogP contribution in [0.4, 0.5) is 0 Å². The van der Waals surface area contributed by atoms with Gasteiger partial charge in [0.25, 0.3) is 0 Å². The number of hydrogen-bond donors (Lipinski definition) is 1. The van der Waals surface area contributed by atoms with Crippen molar-refractivity contribution in [2.45, 2.75) is 58.7 Å². The van der Waals surface area contributed by atoms with E-state index in [-0.39, 0.29) is 0 Å². The van der Waals surface area contributed by atoms with Crippen molar-refractivity contribution in [1.29, 1.82) is 0 Å². The first-order chi connectivity index (χ1) is 10.1. The molecule has 1 heterocycles. The summed E-state index contributed by atoms with van der Waals surface area (Å²) in [4.78, 5) is 2.57. The van der Waals surface area contributed by atoms with E-state index in [0.717, 1.165) is 12.4 Å². The number of rotatable bonds is 6. The molecule has 1 saturated heterocycles. The molecule has 1 unspecified atom stereocenters. The number of piperidine rings is 1. The molecule has 2 rings (SSSR count). The Labute approximate surface area is 129 Å². The Kier molecular flexibility index (Phi) is 6.07. The molecule has 0 aliphatic carbocycles. The molecule has 1 aliphatic rings. The highest BCUT2D eigenvalue weighted by atomic mass is 16.5. The summed E-state index contributed by atoms with van der Waals surface area (Å²) in [6.45, 7) is 12.0. The average Bonchev–Trinajstić information content (AvgIpc) is 2.48. The number of ether oxygens (including phenoxy) is 1. The summed E-state index contributed by atoms with van der Waals surface area (Å²) in [5.74, 6) is 1.01. The highest BCUT2D eigenvalue weighted by Crippen LogP contribution is 2.26. The molecule has 1 aromatic rings. The molecule has 3 heteroatoms. The van der Waals surface area contributed by atoms with Gasteiger partial charge < -0.3 is 15.0 Å². The molecule has 118 valence electrons. The Hall–Kier alpha value is -1.06. The smallest absolute Gasteiger partial charge is 0.124 e. The van der Waals surface area contributed by atoms with E-state index >= 15 is 0 Å². The van der Waals surface area contributed by atoms with Crippen molar-refractivity contribution >= 4 is 0 Å². The van der Waals surface area contributed by atoms with Gasteiger partial charge in [0.2, 0.25) is 0 Å². The molecule has 21 heavy (non-hydrogen) atoms. The van der Waals surface area contributed by atoms with Gasteiger partial charge in [0.05, 0.1) is 6.61 Å². The van der Waals surface area contributed by atoms with Crippen molar-refractivity contribution in [3.05, 3.63) is 29.8 Å². The van der Waals surface area contributed by atoms with E-state index in [2.05, 4.69) is 49.2 Å². The molecule has 0 radical (unpaired) electrons. The molecular weight excluding hydrogens is 260 g/mol. The third kappa shape index (κ3) is 4.45. The first kappa shape index (κ1) is 16.3. The predicted molar refractivity (Wildman–Crippen MR) is 88.9 cm³/mol. The molecule has 1 N–H and O–H groups in total. The van der Waals surface area contributed by atoms with Crippen molar-refractivity contribution < 1.29 is 4.74 Å². The van der Waals surface area contributed by atoms with Gasteiger partial charge >= 0.3 is 0 Å². The fraction of sp³-hybridized carbons (Fsp3) is 0.667. The molecule has 0 amide bonds. The van der Waals surface area contributed by atoms with Gasteiger partial charge in [-0.2, -0.15) is 0 Å². The van der Waals surface area contributed by atoms with Crippen molar-refractivity contribution in [3.63, 3.8) is 0 Å².